The van der Waals surface area contributed by atoms with Crippen molar-refractivity contribution < 1.29 is 4.79 Å². The number of carbonyl (C=O) groups excluding carboxylic acids is 1. The van der Waals surface area contributed by atoms with E-state index in [4.69, 9.17) is 11.6 Å². The van der Waals surface area contributed by atoms with Gasteiger partial charge in [0.1, 0.15) is 0 Å². The quantitative estimate of drug-likeness (QED) is 0.624. The van der Waals surface area contributed by atoms with Crippen molar-refractivity contribution in [3.8, 4) is 0 Å². The van der Waals surface area contributed by atoms with E-state index < -0.39 is 0 Å². The first-order valence-corrected chi connectivity index (χ1v) is 8.74. The van der Waals surface area contributed by atoms with Crippen LogP contribution in [0.15, 0.2) is 29.3 Å². The van der Waals surface area contributed by atoms with Crippen LogP contribution in [0.3, 0.4) is 0 Å². The molecule has 0 saturated carbocycles. The molecule has 1 aliphatic rings. The number of nitrogens with one attached hydrogen (secondary N) is 2. The van der Waals surface area contributed by atoms with Crippen LogP contribution in [-0.4, -0.2) is 63.1 Å². The monoisotopic (exact) mass is 351 g/mol. The van der Waals surface area contributed by atoms with Crippen LogP contribution in [0.5, 0.6) is 0 Å². The average molecular weight is 352 g/mol. The summed E-state index contributed by atoms with van der Waals surface area (Å²) in [5, 5.41) is 6.74. The van der Waals surface area contributed by atoms with Gasteiger partial charge < -0.3 is 20.4 Å². The van der Waals surface area contributed by atoms with Gasteiger partial charge in [-0.1, -0.05) is 24.6 Å². The minimum absolute atomic E-state index is 0.00411. The third kappa shape index (κ3) is 5.30. The van der Waals surface area contributed by atoms with E-state index in [1.54, 1.807) is 7.05 Å². The lowest BCUT2D eigenvalue weighted by Crippen LogP contribution is -2.53. The molecule has 1 saturated heterocycles. The first kappa shape index (κ1) is 18.4. The molecule has 1 heterocycles. The molecule has 7 heteroatoms. The fraction of sp³-hybridized carbons (Fsp3) is 0.529. The van der Waals surface area contributed by atoms with E-state index in [1.165, 1.54) is 0 Å². The zero-order valence-electron chi connectivity index (χ0n) is 14.4. The fourth-order valence-electron chi connectivity index (χ4n) is 2.67. The molecule has 0 spiro atoms. The van der Waals surface area contributed by atoms with Crippen LogP contribution in [0, 0.1) is 0 Å². The Morgan fingerprint density at radius 3 is 2.62 bits per heavy atom. The lowest BCUT2D eigenvalue weighted by molar-refractivity contribution is -0.120. The highest BCUT2D eigenvalue weighted by atomic mass is 35.5. The molecular formula is C17H26ClN5O. The summed E-state index contributed by atoms with van der Waals surface area (Å²) >= 11 is 6.07. The smallest absolute Gasteiger partial charge is 0.239 e. The second-order valence-corrected chi connectivity index (χ2v) is 6.14. The van der Waals surface area contributed by atoms with Gasteiger partial charge >= 0.3 is 0 Å². The van der Waals surface area contributed by atoms with E-state index in [0.29, 0.717) is 6.54 Å². The largest absolute Gasteiger partial charge is 0.368 e. The predicted molar refractivity (Wildman–Crippen MR) is 99.9 cm³/mol. The van der Waals surface area contributed by atoms with Crippen LogP contribution >= 0.6 is 11.6 Å². The molecule has 0 atom stereocenters. The summed E-state index contributed by atoms with van der Waals surface area (Å²) in [6.07, 6.45) is 0.936. The normalized spacial score (nSPS) is 15.4. The number of carbonyl (C=O) groups is 1. The van der Waals surface area contributed by atoms with Gasteiger partial charge in [0.05, 0.1) is 6.54 Å². The van der Waals surface area contributed by atoms with Crippen molar-refractivity contribution in [1.29, 1.82) is 0 Å². The Labute approximate surface area is 148 Å². The van der Waals surface area contributed by atoms with Crippen molar-refractivity contribution in [3.63, 3.8) is 0 Å². The van der Waals surface area contributed by atoms with Crippen LogP contribution in [-0.2, 0) is 4.79 Å². The van der Waals surface area contributed by atoms with Gasteiger partial charge in [0.25, 0.3) is 0 Å². The van der Waals surface area contributed by atoms with Gasteiger partial charge in [-0.2, -0.15) is 0 Å². The van der Waals surface area contributed by atoms with Crippen molar-refractivity contribution in [2.75, 3.05) is 51.2 Å². The van der Waals surface area contributed by atoms with Crippen LogP contribution < -0.4 is 15.5 Å². The van der Waals surface area contributed by atoms with E-state index in [2.05, 4.69) is 31.5 Å². The number of aliphatic imine (C=N–C) groups is 1. The first-order valence-electron chi connectivity index (χ1n) is 8.37. The highest BCUT2D eigenvalue weighted by Crippen LogP contribution is 2.20. The van der Waals surface area contributed by atoms with Gasteiger partial charge in [-0.15, -0.1) is 0 Å². The number of halogens is 1. The Kier molecular flexibility index (Phi) is 7.18. The molecule has 2 rings (SSSR count). The van der Waals surface area contributed by atoms with Gasteiger partial charge in [0.15, 0.2) is 5.96 Å². The Morgan fingerprint density at radius 1 is 1.25 bits per heavy atom. The van der Waals surface area contributed by atoms with Gasteiger partial charge in [0, 0.05) is 50.5 Å². The summed E-state index contributed by atoms with van der Waals surface area (Å²) in [5.74, 6) is 0.767. The zero-order chi connectivity index (χ0) is 17.4. The van der Waals surface area contributed by atoms with Crippen molar-refractivity contribution in [2.45, 2.75) is 13.3 Å². The van der Waals surface area contributed by atoms with Crippen LogP contribution in [0.25, 0.3) is 0 Å². The summed E-state index contributed by atoms with van der Waals surface area (Å²) in [6.45, 7) is 6.47. The summed E-state index contributed by atoms with van der Waals surface area (Å²) in [4.78, 5) is 20.5. The lowest BCUT2D eigenvalue weighted by Gasteiger charge is -2.37. The van der Waals surface area contributed by atoms with Crippen LogP contribution in [0.1, 0.15) is 13.3 Å². The Morgan fingerprint density at radius 2 is 2.00 bits per heavy atom. The number of benzene rings is 1. The number of anilines is 1. The molecule has 0 unspecified atom stereocenters. The number of nitrogens with zero attached hydrogens (tertiary/aromatic N) is 3. The van der Waals surface area contributed by atoms with Crippen molar-refractivity contribution in [1.82, 2.24) is 15.5 Å². The molecule has 2 N–H and O–H groups in total. The molecule has 132 valence electrons. The highest BCUT2D eigenvalue weighted by molar-refractivity contribution is 6.30. The molecule has 1 amide bonds. The molecule has 0 aromatic heterocycles. The predicted octanol–water partition coefficient (Wildman–Crippen LogP) is 1.56. The minimum Gasteiger partial charge on any atom is -0.368 e. The van der Waals surface area contributed by atoms with Crippen molar-refractivity contribution in [3.05, 3.63) is 29.3 Å². The maximum Gasteiger partial charge on any atom is 0.239 e. The first-order chi connectivity index (χ1) is 11.6. The molecule has 1 aromatic carbocycles. The second kappa shape index (κ2) is 9.37. The van der Waals surface area contributed by atoms with E-state index in [9.17, 15) is 4.79 Å². The number of hydrogen-bond acceptors (Lipinski definition) is 3. The maximum absolute atomic E-state index is 11.7. The number of guanidine groups is 1. The van der Waals surface area contributed by atoms with Crippen molar-refractivity contribution >= 4 is 29.2 Å². The molecule has 1 aliphatic heterocycles. The summed E-state index contributed by atoms with van der Waals surface area (Å²) in [6, 6.07) is 7.92. The fourth-order valence-corrected chi connectivity index (χ4v) is 2.85. The van der Waals surface area contributed by atoms with Gasteiger partial charge in [0.2, 0.25) is 5.91 Å². The summed E-state index contributed by atoms with van der Waals surface area (Å²) in [7, 11) is 1.75. The highest BCUT2D eigenvalue weighted by Gasteiger charge is 2.20. The summed E-state index contributed by atoms with van der Waals surface area (Å²) < 4.78 is 0. The number of hydrogen-bond donors (Lipinski definition) is 2. The number of rotatable bonds is 5. The lowest BCUT2D eigenvalue weighted by atomic mass is 10.2. The third-order valence-corrected chi connectivity index (χ3v) is 4.18. The molecule has 1 aromatic rings. The molecule has 0 radical (unpaired) electrons. The number of amides is 1. The Balaban J connectivity index is 1.82. The third-order valence-electron chi connectivity index (χ3n) is 3.94. The zero-order valence-corrected chi connectivity index (χ0v) is 15.1. The molecular weight excluding hydrogens is 326 g/mol. The van der Waals surface area contributed by atoms with Crippen LogP contribution in [0.4, 0.5) is 5.69 Å². The van der Waals surface area contributed by atoms with E-state index in [0.717, 1.165) is 49.3 Å². The average Bonchev–Trinajstić information content (AvgIpc) is 2.61. The molecule has 24 heavy (non-hydrogen) atoms. The Bertz CT molecular complexity index is 570. The molecule has 1 fully saturated rings. The van der Waals surface area contributed by atoms with E-state index in [-0.39, 0.29) is 12.5 Å². The molecule has 6 nitrogen and oxygen atoms in total. The van der Waals surface area contributed by atoms with Gasteiger partial charge in [-0.25, -0.2) is 0 Å². The van der Waals surface area contributed by atoms with E-state index >= 15 is 0 Å². The van der Waals surface area contributed by atoms with Gasteiger partial charge in [-0.3, -0.25) is 9.79 Å². The summed E-state index contributed by atoms with van der Waals surface area (Å²) in [5.41, 5.74) is 1.14. The minimum atomic E-state index is -0.00411. The number of piperazine rings is 1. The van der Waals surface area contributed by atoms with Crippen molar-refractivity contribution in [2.24, 2.45) is 4.99 Å². The Hall–Kier alpha value is -1.95. The van der Waals surface area contributed by atoms with Crippen LogP contribution in [0.2, 0.25) is 5.02 Å². The maximum atomic E-state index is 11.7. The van der Waals surface area contributed by atoms with Gasteiger partial charge in [-0.05, 0) is 24.6 Å². The second-order valence-electron chi connectivity index (χ2n) is 5.70. The SMILES string of the molecule is CCCNC(=O)CNC(=NC)N1CCN(c2cccc(Cl)c2)CC1. The van der Waals surface area contributed by atoms with E-state index in [1.807, 2.05) is 25.1 Å². The molecule has 0 aliphatic carbocycles. The topological polar surface area (TPSA) is 60.0 Å². The standard InChI is InChI=1S/C17H26ClN5O/c1-3-7-20-16(24)13-21-17(19-2)23-10-8-22(9-11-23)15-6-4-5-14(18)12-15/h4-6,12H,3,7-11,13H2,1-2H3,(H,19,21)(H,20,24). The molecule has 0 bridgehead atoms.